The minimum absolute atomic E-state index is 0.0113. The quantitative estimate of drug-likeness (QED) is 0.668. The summed E-state index contributed by atoms with van der Waals surface area (Å²) in [5.41, 5.74) is 7.66. The van der Waals surface area contributed by atoms with Gasteiger partial charge in [0.15, 0.2) is 0 Å². The van der Waals surface area contributed by atoms with Crippen molar-refractivity contribution >= 4 is 11.8 Å². The molecule has 1 fully saturated rings. The molecule has 6 heteroatoms. The molecule has 1 aliphatic rings. The van der Waals surface area contributed by atoms with Gasteiger partial charge in [-0.3, -0.25) is 9.59 Å². The highest BCUT2D eigenvalue weighted by Crippen LogP contribution is 2.14. The van der Waals surface area contributed by atoms with Gasteiger partial charge in [0.2, 0.25) is 0 Å². The number of nitrogens with zero attached hydrogens (tertiary/aromatic N) is 1. The first-order chi connectivity index (χ1) is 14.1. The van der Waals surface area contributed by atoms with Gasteiger partial charge in [0.25, 0.3) is 11.8 Å². The first-order valence-electron chi connectivity index (χ1n) is 10.2. The first kappa shape index (κ1) is 21.0. The van der Waals surface area contributed by atoms with Crippen LogP contribution in [0.3, 0.4) is 0 Å². The highest BCUT2D eigenvalue weighted by molar-refractivity contribution is 5.98. The van der Waals surface area contributed by atoms with Gasteiger partial charge in [-0.1, -0.05) is 30.3 Å². The Morgan fingerprint density at radius 3 is 2.21 bits per heavy atom. The average Bonchev–Trinajstić information content (AvgIpc) is 2.79. The summed E-state index contributed by atoms with van der Waals surface area (Å²) in [6, 6.07) is 15.8. The average molecular weight is 396 g/mol. The highest BCUT2D eigenvalue weighted by atomic mass is 16.3. The molecule has 154 valence electrons. The second-order valence-electron chi connectivity index (χ2n) is 7.50. The van der Waals surface area contributed by atoms with Crippen LogP contribution in [0, 0.1) is 0 Å². The summed E-state index contributed by atoms with van der Waals surface area (Å²) in [7, 11) is 0. The number of rotatable bonds is 7. The molecule has 6 nitrogen and oxygen atoms in total. The summed E-state index contributed by atoms with van der Waals surface area (Å²) in [5.74, 6) is -0.285. The van der Waals surface area contributed by atoms with E-state index >= 15 is 0 Å². The summed E-state index contributed by atoms with van der Waals surface area (Å²) < 4.78 is 0. The van der Waals surface area contributed by atoms with Gasteiger partial charge in [-0.15, -0.1) is 0 Å². The van der Waals surface area contributed by atoms with Gasteiger partial charge < -0.3 is 21.1 Å². The van der Waals surface area contributed by atoms with Gasteiger partial charge in [-0.2, -0.15) is 0 Å². The smallest absolute Gasteiger partial charge is 0.253 e. The molecule has 2 aromatic carbocycles. The number of carbonyl (C=O) groups excluding carboxylic acids is 2. The predicted molar refractivity (Wildman–Crippen MR) is 113 cm³/mol. The van der Waals surface area contributed by atoms with Crippen molar-refractivity contribution in [3.05, 3.63) is 71.3 Å². The maximum atomic E-state index is 12.7. The maximum absolute atomic E-state index is 12.7. The van der Waals surface area contributed by atoms with E-state index in [0.29, 0.717) is 17.5 Å². The van der Waals surface area contributed by atoms with Crippen molar-refractivity contribution in [2.75, 3.05) is 19.6 Å². The van der Waals surface area contributed by atoms with Crippen LogP contribution in [0.1, 0.15) is 45.5 Å². The zero-order valence-corrected chi connectivity index (χ0v) is 16.6. The van der Waals surface area contributed by atoms with E-state index < -0.39 is 12.1 Å². The van der Waals surface area contributed by atoms with Crippen LogP contribution in [0.15, 0.2) is 54.6 Å². The molecule has 2 amide bonds. The standard InChI is InChI=1S/C23H29N3O3/c24-16-21(27)20(15-17-7-3-1-4-8-17)25-22(28)18-9-11-19(12-10-18)23(29)26-13-5-2-6-14-26/h1,3-4,7-12,20-21,27H,2,5-6,13-16,24H2,(H,25,28)/t20-,21+/m0/s1. The van der Waals surface area contributed by atoms with Crippen molar-refractivity contribution in [3.63, 3.8) is 0 Å². The molecule has 2 atom stereocenters. The highest BCUT2D eigenvalue weighted by Gasteiger charge is 2.22. The summed E-state index contributed by atoms with van der Waals surface area (Å²) in [5, 5.41) is 13.1. The van der Waals surface area contributed by atoms with Gasteiger partial charge in [-0.25, -0.2) is 0 Å². The lowest BCUT2D eigenvalue weighted by atomic mass is 10.0. The van der Waals surface area contributed by atoms with Crippen LogP contribution < -0.4 is 11.1 Å². The molecule has 0 bridgehead atoms. The molecule has 29 heavy (non-hydrogen) atoms. The molecule has 3 rings (SSSR count). The van der Waals surface area contributed by atoms with Crippen molar-refractivity contribution in [1.82, 2.24) is 10.2 Å². The molecule has 4 N–H and O–H groups in total. The molecule has 0 aliphatic carbocycles. The zero-order chi connectivity index (χ0) is 20.6. The number of benzene rings is 2. The minimum atomic E-state index is -0.848. The van der Waals surface area contributed by atoms with Gasteiger partial charge in [-0.05, 0) is 55.5 Å². The lowest BCUT2D eigenvalue weighted by Crippen LogP contribution is -2.47. The van der Waals surface area contributed by atoms with Crippen molar-refractivity contribution in [2.24, 2.45) is 5.73 Å². The third-order valence-corrected chi connectivity index (χ3v) is 5.36. The molecule has 0 spiro atoms. The number of piperidine rings is 1. The van der Waals surface area contributed by atoms with Crippen LogP contribution >= 0.6 is 0 Å². The molecule has 0 saturated carbocycles. The Bertz CT molecular complexity index is 802. The number of amides is 2. The lowest BCUT2D eigenvalue weighted by molar-refractivity contribution is 0.0723. The Labute approximate surface area is 171 Å². The normalized spacial score (nSPS) is 16.1. The fourth-order valence-corrected chi connectivity index (χ4v) is 3.61. The zero-order valence-electron chi connectivity index (χ0n) is 16.6. The van der Waals surface area contributed by atoms with Crippen LogP contribution in [0.4, 0.5) is 0 Å². The predicted octanol–water partition coefficient (Wildman–Crippen LogP) is 1.97. The van der Waals surface area contributed by atoms with Crippen LogP contribution in [0.25, 0.3) is 0 Å². The third-order valence-electron chi connectivity index (χ3n) is 5.36. The van der Waals surface area contributed by atoms with E-state index in [1.807, 2.05) is 35.2 Å². The summed E-state index contributed by atoms with van der Waals surface area (Å²) >= 11 is 0. The fraction of sp³-hybridized carbons (Fsp3) is 0.391. The SMILES string of the molecule is NC[C@@H](O)[C@H](Cc1ccccc1)NC(=O)c1ccc(C(=O)N2CCCCC2)cc1. The van der Waals surface area contributed by atoms with E-state index in [4.69, 9.17) is 5.73 Å². The van der Waals surface area contributed by atoms with Crippen molar-refractivity contribution in [2.45, 2.75) is 37.8 Å². The van der Waals surface area contributed by atoms with E-state index in [-0.39, 0.29) is 18.4 Å². The lowest BCUT2D eigenvalue weighted by Gasteiger charge is -2.26. The van der Waals surface area contributed by atoms with Gasteiger partial charge in [0.05, 0.1) is 12.1 Å². The van der Waals surface area contributed by atoms with Crippen LogP contribution in [-0.4, -0.2) is 53.6 Å². The topological polar surface area (TPSA) is 95.7 Å². The van der Waals surface area contributed by atoms with Crippen LogP contribution in [-0.2, 0) is 6.42 Å². The Kier molecular flexibility index (Phi) is 7.38. The number of carbonyl (C=O) groups is 2. The second-order valence-corrected chi connectivity index (χ2v) is 7.50. The van der Waals surface area contributed by atoms with Crippen molar-refractivity contribution in [1.29, 1.82) is 0 Å². The summed E-state index contributed by atoms with van der Waals surface area (Å²) in [4.78, 5) is 27.1. The maximum Gasteiger partial charge on any atom is 0.253 e. The molecule has 0 radical (unpaired) electrons. The van der Waals surface area contributed by atoms with E-state index in [1.54, 1.807) is 24.3 Å². The molecule has 1 aliphatic heterocycles. The summed E-state index contributed by atoms with van der Waals surface area (Å²) in [6.07, 6.45) is 2.88. The number of likely N-dealkylation sites (tertiary alicyclic amines) is 1. The number of aliphatic hydroxyl groups is 1. The van der Waals surface area contributed by atoms with Gasteiger partial charge >= 0.3 is 0 Å². The minimum Gasteiger partial charge on any atom is -0.390 e. The molecule has 0 unspecified atom stereocenters. The third kappa shape index (κ3) is 5.65. The van der Waals surface area contributed by atoms with E-state index in [9.17, 15) is 14.7 Å². The molecule has 1 saturated heterocycles. The number of nitrogens with one attached hydrogen (secondary N) is 1. The number of hydrogen-bond acceptors (Lipinski definition) is 4. The Balaban J connectivity index is 1.65. The number of hydrogen-bond donors (Lipinski definition) is 3. The summed E-state index contributed by atoms with van der Waals surface area (Å²) in [6.45, 7) is 1.64. The van der Waals surface area contributed by atoms with Gasteiger partial charge in [0.1, 0.15) is 0 Å². The van der Waals surface area contributed by atoms with Gasteiger partial charge in [0, 0.05) is 30.8 Å². The Hall–Kier alpha value is -2.70. The van der Waals surface area contributed by atoms with Crippen molar-refractivity contribution in [3.8, 4) is 0 Å². The van der Waals surface area contributed by atoms with Crippen molar-refractivity contribution < 1.29 is 14.7 Å². The van der Waals surface area contributed by atoms with E-state index in [2.05, 4.69) is 5.32 Å². The Morgan fingerprint density at radius 1 is 0.966 bits per heavy atom. The van der Waals surface area contributed by atoms with Crippen LogP contribution in [0.5, 0.6) is 0 Å². The first-order valence-corrected chi connectivity index (χ1v) is 10.2. The van der Waals surface area contributed by atoms with E-state index in [1.165, 1.54) is 6.42 Å². The van der Waals surface area contributed by atoms with Crippen LogP contribution in [0.2, 0.25) is 0 Å². The monoisotopic (exact) mass is 395 g/mol. The molecular weight excluding hydrogens is 366 g/mol. The number of aliphatic hydroxyl groups excluding tert-OH is 1. The molecular formula is C23H29N3O3. The molecule has 1 heterocycles. The molecule has 2 aromatic rings. The van der Waals surface area contributed by atoms with E-state index in [0.717, 1.165) is 31.5 Å². The molecule has 0 aromatic heterocycles. The Morgan fingerprint density at radius 2 is 1.59 bits per heavy atom. The number of nitrogens with two attached hydrogens (primary N) is 1. The fourth-order valence-electron chi connectivity index (χ4n) is 3.61. The largest absolute Gasteiger partial charge is 0.390 e. The second kappa shape index (κ2) is 10.2.